The molecule has 2 nitrogen and oxygen atoms in total. The smallest absolute Gasteiger partial charge is 0.149 e. The van der Waals surface area contributed by atoms with E-state index in [0.29, 0.717) is 5.56 Å². The minimum Gasteiger partial charge on any atom is -0.299 e. The van der Waals surface area contributed by atoms with Crippen LogP contribution in [0.5, 0.6) is 0 Å². The zero-order chi connectivity index (χ0) is 12.3. The Morgan fingerprint density at radius 2 is 1.94 bits per heavy atom. The van der Waals surface area contributed by atoms with Crippen molar-refractivity contribution in [3.05, 3.63) is 35.6 Å². The molecule has 0 aromatic heterocycles. The molecule has 0 heterocycles. The number of rotatable bonds is 4. The third-order valence-electron chi connectivity index (χ3n) is 2.83. The van der Waals surface area contributed by atoms with Crippen LogP contribution in [0.2, 0.25) is 0 Å². The fraction of sp³-hybridized carbons (Fsp3) is 0.462. The average molecular weight is 223 g/mol. The van der Waals surface area contributed by atoms with E-state index in [4.69, 9.17) is 0 Å². The summed E-state index contributed by atoms with van der Waals surface area (Å²) in [4.78, 5) is 11.4. The second kappa shape index (κ2) is 4.74. The Hall–Kier alpha value is -1.22. The number of halogens is 1. The van der Waals surface area contributed by atoms with Crippen LogP contribution >= 0.6 is 0 Å². The van der Waals surface area contributed by atoms with E-state index in [0.717, 1.165) is 0 Å². The fourth-order valence-corrected chi connectivity index (χ4v) is 1.55. The van der Waals surface area contributed by atoms with Gasteiger partial charge in [-0.2, -0.15) is 0 Å². The maximum absolute atomic E-state index is 13.5. The standard InChI is InChI=1S/C13H18FNO/c1-9(15-13(3,4)10(2)16)11-7-5-6-8-12(11)14/h5-9,15H,1-4H3. The Kier molecular flexibility index (Phi) is 3.81. The summed E-state index contributed by atoms with van der Waals surface area (Å²) in [6, 6.07) is 6.40. The van der Waals surface area contributed by atoms with E-state index in [1.807, 2.05) is 6.92 Å². The summed E-state index contributed by atoms with van der Waals surface area (Å²) in [7, 11) is 0. The van der Waals surface area contributed by atoms with Crippen LogP contribution in [0.25, 0.3) is 0 Å². The van der Waals surface area contributed by atoms with E-state index >= 15 is 0 Å². The maximum atomic E-state index is 13.5. The van der Waals surface area contributed by atoms with Gasteiger partial charge in [0.2, 0.25) is 0 Å². The van der Waals surface area contributed by atoms with Crippen molar-refractivity contribution in [1.29, 1.82) is 0 Å². The van der Waals surface area contributed by atoms with Crippen LogP contribution in [-0.2, 0) is 4.79 Å². The molecular formula is C13H18FNO. The van der Waals surface area contributed by atoms with Crippen LogP contribution in [0.15, 0.2) is 24.3 Å². The molecule has 0 saturated carbocycles. The summed E-state index contributed by atoms with van der Waals surface area (Å²) < 4.78 is 13.5. The van der Waals surface area contributed by atoms with Gasteiger partial charge in [0.05, 0.1) is 5.54 Å². The summed E-state index contributed by atoms with van der Waals surface area (Å²) in [5.41, 5.74) is -0.0568. The molecule has 0 bridgehead atoms. The Morgan fingerprint density at radius 3 is 2.44 bits per heavy atom. The minimum atomic E-state index is -0.637. The molecule has 0 aliphatic heterocycles. The largest absolute Gasteiger partial charge is 0.299 e. The first-order chi connectivity index (χ1) is 7.34. The molecule has 1 aromatic carbocycles. The summed E-state index contributed by atoms with van der Waals surface area (Å²) in [5.74, 6) is -0.211. The lowest BCUT2D eigenvalue weighted by Crippen LogP contribution is -2.46. The molecule has 0 radical (unpaired) electrons. The normalized spacial score (nSPS) is 13.6. The van der Waals surface area contributed by atoms with E-state index in [1.54, 1.807) is 32.0 Å². The van der Waals surface area contributed by atoms with Gasteiger partial charge in [0, 0.05) is 11.6 Å². The highest BCUT2D eigenvalue weighted by molar-refractivity contribution is 5.85. The van der Waals surface area contributed by atoms with Crippen LogP contribution in [0.3, 0.4) is 0 Å². The minimum absolute atomic E-state index is 0.0377. The third kappa shape index (κ3) is 2.89. The van der Waals surface area contributed by atoms with Crippen molar-refractivity contribution < 1.29 is 9.18 Å². The lowest BCUT2D eigenvalue weighted by atomic mass is 9.97. The zero-order valence-electron chi connectivity index (χ0n) is 10.2. The van der Waals surface area contributed by atoms with Crippen molar-refractivity contribution >= 4 is 5.78 Å². The first-order valence-electron chi connectivity index (χ1n) is 5.38. The molecule has 0 saturated heterocycles. The molecular weight excluding hydrogens is 205 g/mol. The predicted molar refractivity (Wildman–Crippen MR) is 62.7 cm³/mol. The molecule has 0 aliphatic rings. The number of carbonyl (C=O) groups is 1. The van der Waals surface area contributed by atoms with E-state index in [-0.39, 0.29) is 17.6 Å². The second-order valence-corrected chi connectivity index (χ2v) is 4.57. The van der Waals surface area contributed by atoms with Gasteiger partial charge in [-0.3, -0.25) is 10.1 Å². The molecule has 1 unspecified atom stereocenters. The highest BCUT2D eigenvalue weighted by Crippen LogP contribution is 2.19. The third-order valence-corrected chi connectivity index (χ3v) is 2.83. The summed E-state index contributed by atoms with van der Waals surface area (Å²) in [5, 5.41) is 3.12. The van der Waals surface area contributed by atoms with Crippen molar-refractivity contribution in [2.75, 3.05) is 0 Å². The number of Topliss-reactive ketones (excluding diaryl/α,β-unsaturated/α-hetero) is 1. The van der Waals surface area contributed by atoms with E-state index < -0.39 is 5.54 Å². The number of carbonyl (C=O) groups excluding carboxylic acids is 1. The van der Waals surface area contributed by atoms with E-state index in [1.165, 1.54) is 13.0 Å². The monoisotopic (exact) mass is 223 g/mol. The lowest BCUT2D eigenvalue weighted by Gasteiger charge is -2.28. The maximum Gasteiger partial charge on any atom is 0.149 e. The summed E-state index contributed by atoms with van der Waals surface area (Å²) >= 11 is 0. The number of hydrogen-bond acceptors (Lipinski definition) is 2. The number of benzene rings is 1. The molecule has 1 N–H and O–H groups in total. The van der Waals surface area contributed by atoms with Gasteiger partial charge in [-0.25, -0.2) is 4.39 Å². The van der Waals surface area contributed by atoms with Gasteiger partial charge in [0.1, 0.15) is 11.6 Å². The highest BCUT2D eigenvalue weighted by Gasteiger charge is 2.26. The first-order valence-corrected chi connectivity index (χ1v) is 5.38. The molecule has 1 aromatic rings. The number of nitrogens with one attached hydrogen (secondary N) is 1. The topological polar surface area (TPSA) is 29.1 Å². The van der Waals surface area contributed by atoms with Crippen molar-refractivity contribution in [2.24, 2.45) is 0 Å². The van der Waals surface area contributed by atoms with E-state index in [9.17, 15) is 9.18 Å². The van der Waals surface area contributed by atoms with Gasteiger partial charge in [-0.05, 0) is 33.8 Å². The Labute approximate surface area is 95.9 Å². The van der Waals surface area contributed by atoms with Crippen molar-refractivity contribution in [1.82, 2.24) is 5.32 Å². The van der Waals surface area contributed by atoms with Crippen molar-refractivity contribution in [2.45, 2.75) is 39.3 Å². The Morgan fingerprint density at radius 1 is 1.38 bits per heavy atom. The molecule has 88 valence electrons. The van der Waals surface area contributed by atoms with Gasteiger partial charge in [0.25, 0.3) is 0 Å². The zero-order valence-corrected chi connectivity index (χ0v) is 10.2. The molecule has 1 rings (SSSR count). The van der Waals surface area contributed by atoms with Crippen LogP contribution in [-0.4, -0.2) is 11.3 Å². The Balaban J connectivity index is 2.85. The lowest BCUT2D eigenvalue weighted by molar-refractivity contribution is -0.122. The SMILES string of the molecule is CC(=O)C(C)(C)NC(C)c1ccccc1F. The van der Waals surface area contributed by atoms with Crippen molar-refractivity contribution in [3.63, 3.8) is 0 Å². The van der Waals surface area contributed by atoms with Gasteiger partial charge in [0.15, 0.2) is 0 Å². The first kappa shape index (κ1) is 12.8. The molecule has 3 heteroatoms. The van der Waals surface area contributed by atoms with Crippen LogP contribution in [0.1, 0.15) is 39.3 Å². The molecule has 1 atom stereocenters. The van der Waals surface area contributed by atoms with E-state index in [2.05, 4.69) is 5.32 Å². The van der Waals surface area contributed by atoms with Gasteiger partial charge in [-0.15, -0.1) is 0 Å². The Bertz CT molecular complexity index is 387. The molecule has 0 aliphatic carbocycles. The van der Waals surface area contributed by atoms with Gasteiger partial charge >= 0.3 is 0 Å². The molecule has 16 heavy (non-hydrogen) atoms. The quantitative estimate of drug-likeness (QED) is 0.850. The molecule has 0 amide bonds. The molecule has 0 fully saturated rings. The van der Waals surface area contributed by atoms with Gasteiger partial charge < -0.3 is 0 Å². The van der Waals surface area contributed by atoms with Crippen LogP contribution < -0.4 is 5.32 Å². The number of hydrogen-bond donors (Lipinski definition) is 1. The van der Waals surface area contributed by atoms with Crippen molar-refractivity contribution in [3.8, 4) is 0 Å². The average Bonchev–Trinajstić information content (AvgIpc) is 2.17. The van der Waals surface area contributed by atoms with Crippen LogP contribution in [0, 0.1) is 5.82 Å². The summed E-state index contributed by atoms with van der Waals surface area (Å²) in [6.45, 7) is 6.98. The second-order valence-electron chi connectivity index (χ2n) is 4.57. The highest BCUT2D eigenvalue weighted by atomic mass is 19.1. The predicted octanol–water partition coefficient (Wildman–Crippen LogP) is 2.84. The summed E-state index contributed by atoms with van der Waals surface area (Å²) in [6.07, 6.45) is 0. The molecule has 0 spiro atoms. The van der Waals surface area contributed by atoms with Gasteiger partial charge in [-0.1, -0.05) is 18.2 Å². The van der Waals surface area contributed by atoms with Crippen LogP contribution in [0.4, 0.5) is 4.39 Å². The fourth-order valence-electron chi connectivity index (χ4n) is 1.55. The number of ketones is 1.